The standard InChI is InChI=1S/C16H16Cl2N4O/c1-10-14(8-19-20-16(23)12-4-5-12)15(18)22(21-10)9-11-2-6-13(17)7-3-11/h2-3,6-8,12H,4-5,9H2,1H3,(H,20,23)/b19-8+. The smallest absolute Gasteiger partial charge is 0.243 e. The summed E-state index contributed by atoms with van der Waals surface area (Å²) in [6.07, 6.45) is 3.43. The van der Waals surface area contributed by atoms with Crippen LogP contribution in [0.2, 0.25) is 10.2 Å². The van der Waals surface area contributed by atoms with Crippen LogP contribution in [0.1, 0.15) is 29.7 Å². The largest absolute Gasteiger partial charge is 0.273 e. The molecule has 0 spiro atoms. The minimum atomic E-state index is -0.0384. The van der Waals surface area contributed by atoms with Gasteiger partial charge >= 0.3 is 0 Å². The summed E-state index contributed by atoms with van der Waals surface area (Å²) >= 11 is 12.3. The van der Waals surface area contributed by atoms with Crippen molar-refractivity contribution in [2.24, 2.45) is 11.0 Å². The number of rotatable bonds is 5. The first-order chi connectivity index (χ1) is 11.0. The van der Waals surface area contributed by atoms with Gasteiger partial charge in [-0.2, -0.15) is 10.2 Å². The molecule has 0 atom stereocenters. The van der Waals surface area contributed by atoms with E-state index in [-0.39, 0.29) is 11.8 Å². The molecule has 0 aliphatic heterocycles. The van der Waals surface area contributed by atoms with E-state index in [2.05, 4.69) is 15.6 Å². The fourth-order valence-electron chi connectivity index (χ4n) is 2.18. The summed E-state index contributed by atoms with van der Waals surface area (Å²) in [7, 11) is 0. The van der Waals surface area contributed by atoms with Crippen LogP contribution < -0.4 is 5.43 Å². The first-order valence-corrected chi connectivity index (χ1v) is 8.10. The Labute approximate surface area is 144 Å². The molecule has 1 fully saturated rings. The van der Waals surface area contributed by atoms with Gasteiger partial charge in [0, 0.05) is 10.9 Å². The third-order valence-electron chi connectivity index (χ3n) is 3.67. The van der Waals surface area contributed by atoms with E-state index < -0.39 is 0 Å². The molecule has 1 aromatic heterocycles. The van der Waals surface area contributed by atoms with Crippen molar-refractivity contribution in [1.29, 1.82) is 0 Å². The second-order valence-electron chi connectivity index (χ2n) is 5.58. The van der Waals surface area contributed by atoms with Crippen LogP contribution >= 0.6 is 23.2 Å². The van der Waals surface area contributed by atoms with Crippen molar-refractivity contribution in [3.05, 3.63) is 51.3 Å². The predicted molar refractivity (Wildman–Crippen MR) is 91.0 cm³/mol. The van der Waals surface area contributed by atoms with E-state index in [1.807, 2.05) is 31.2 Å². The maximum Gasteiger partial charge on any atom is 0.243 e. The number of aryl methyl sites for hydroxylation is 1. The molecule has 1 heterocycles. The topological polar surface area (TPSA) is 59.3 Å². The average Bonchev–Trinajstić information content (AvgIpc) is 3.33. The number of hydrogen-bond acceptors (Lipinski definition) is 3. The number of carbonyl (C=O) groups excluding carboxylic acids is 1. The van der Waals surface area contributed by atoms with Crippen LogP contribution in [0.3, 0.4) is 0 Å². The van der Waals surface area contributed by atoms with Crippen LogP contribution in [0, 0.1) is 12.8 Å². The van der Waals surface area contributed by atoms with Gasteiger partial charge in [-0.3, -0.25) is 4.79 Å². The lowest BCUT2D eigenvalue weighted by molar-refractivity contribution is -0.122. The van der Waals surface area contributed by atoms with Crippen molar-refractivity contribution >= 4 is 35.3 Å². The number of hydrazone groups is 1. The van der Waals surface area contributed by atoms with Crippen molar-refractivity contribution in [3.63, 3.8) is 0 Å². The second kappa shape index (κ2) is 6.72. The highest BCUT2D eigenvalue weighted by Crippen LogP contribution is 2.28. The van der Waals surface area contributed by atoms with Crippen LogP contribution in [-0.2, 0) is 11.3 Å². The van der Waals surface area contributed by atoms with E-state index in [4.69, 9.17) is 23.2 Å². The normalized spacial score (nSPS) is 14.4. The molecule has 3 rings (SSSR count). The van der Waals surface area contributed by atoms with Crippen molar-refractivity contribution in [1.82, 2.24) is 15.2 Å². The summed E-state index contributed by atoms with van der Waals surface area (Å²) in [5, 5.41) is 9.58. The third kappa shape index (κ3) is 3.92. The Hall–Kier alpha value is -1.85. The van der Waals surface area contributed by atoms with Crippen molar-refractivity contribution in [3.8, 4) is 0 Å². The molecule has 23 heavy (non-hydrogen) atoms. The molecule has 0 radical (unpaired) electrons. The Morgan fingerprint density at radius 3 is 2.74 bits per heavy atom. The summed E-state index contributed by atoms with van der Waals surface area (Å²) < 4.78 is 1.70. The summed E-state index contributed by atoms with van der Waals surface area (Å²) in [6.45, 7) is 2.40. The molecule has 2 aromatic rings. The number of nitrogens with one attached hydrogen (secondary N) is 1. The molecule has 5 nitrogen and oxygen atoms in total. The number of nitrogens with zero attached hydrogens (tertiary/aromatic N) is 3. The highest BCUT2D eigenvalue weighted by atomic mass is 35.5. The highest BCUT2D eigenvalue weighted by Gasteiger charge is 2.29. The SMILES string of the molecule is Cc1nn(Cc2ccc(Cl)cc2)c(Cl)c1/C=N/NC(=O)C1CC1. The van der Waals surface area contributed by atoms with Gasteiger partial charge in [-0.1, -0.05) is 35.3 Å². The zero-order valence-corrected chi connectivity index (χ0v) is 14.1. The molecular formula is C16H16Cl2N4O. The molecule has 120 valence electrons. The monoisotopic (exact) mass is 350 g/mol. The Bertz CT molecular complexity index is 748. The van der Waals surface area contributed by atoms with Crippen LogP contribution in [-0.4, -0.2) is 21.9 Å². The lowest BCUT2D eigenvalue weighted by Gasteiger charge is -2.03. The molecule has 1 saturated carbocycles. The Kier molecular flexibility index (Phi) is 4.68. The molecule has 1 N–H and O–H groups in total. The van der Waals surface area contributed by atoms with Crippen LogP contribution in [0.5, 0.6) is 0 Å². The third-order valence-corrected chi connectivity index (χ3v) is 4.32. The van der Waals surface area contributed by atoms with Gasteiger partial charge in [-0.15, -0.1) is 0 Å². The zero-order chi connectivity index (χ0) is 16.4. The first-order valence-electron chi connectivity index (χ1n) is 7.35. The van der Waals surface area contributed by atoms with E-state index >= 15 is 0 Å². The van der Waals surface area contributed by atoms with Gasteiger partial charge < -0.3 is 0 Å². The molecule has 7 heteroatoms. The Morgan fingerprint density at radius 1 is 1.39 bits per heavy atom. The summed E-state index contributed by atoms with van der Waals surface area (Å²) in [6, 6.07) is 7.52. The van der Waals surface area contributed by atoms with Crippen molar-refractivity contribution < 1.29 is 4.79 Å². The number of carbonyl (C=O) groups is 1. The van der Waals surface area contributed by atoms with Crippen molar-refractivity contribution in [2.75, 3.05) is 0 Å². The number of aromatic nitrogens is 2. The summed E-state index contributed by atoms with van der Waals surface area (Å²) in [5.74, 6) is 0.0833. The second-order valence-corrected chi connectivity index (χ2v) is 6.38. The number of benzene rings is 1. The number of amides is 1. The summed E-state index contributed by atoms with van der Waals surface area (Å²) in [5.41, 5.74) is 5.04. The van der Waals surface area contributed by atoms with Gasteiger partial charge in [0.15, 0.2) is 0 Å². The predicted octanol–water partition coefficient (Wildman–Crippen LogP) is 3.41. The molecule has 1 amide bonds. The molecule has 1 aliphatic rings. The Balaban J connectivity index is 1.71. The van der Waals surface area contributed by atoms with E-state index in [1.54, 1.807) is 10.9 Å². The van der Waals surface area contributed by atoms with E-state index in [0.29, 0.717) is 22.3 Å². The fourth-order valence-corrected chi connectivity index (χ4v) is 2.59. The fraction of sp³-hybridized carbons (Fsp3) is 0.312. The molecule has 0 bridgehead atoms. The molecule has 0 unspecified atom stereocenters. The number of halogens is 2. The average molecular weight is 351 g/mol. The van der Waals surface area contributed by atoms with Gasteiger partial charge in [-0.05, 0) is 37.5 Å². The maximum atomic E-state index is 11.5. The van der Waals surface area contributed by atoms with E-state index in [9.17, 15) is 4.79 Å². The number of hydrogen-bond donors (Lipinski definition) is 1. The van der Waals surface area contributed by atoms with Crippen molar-refractivity contribution in [2.45, 2.75) is 26.3 Å². The highest BCUT2D eigenvalue weighted by molar-refractivity contribution is 6.32. The maximum absolute atomic E-state index is 11.5. The van der Waals surface area contributed by atoms with Gasteiger partial charge in [0.05, 0.1) is 24.0 Å². The van der Waals surface area contributed by atoms with Crippen LogP contribution in [0.25, 0.3) is 0 Å². The van der Waals surface area contributed by atoms with E-state index in [1.165, 1.54) is 0 Å². The summed E-state index contributed by atoms with van der Waals surface area (Å²) in [4.78, 5) is 11.5. The molecule has 1 aliphatic carbocycles. The van der Waals surface area contributed by atoms with Crippen LogP contribution in [0.4, 0.5) is 0 Å². The lowest BCUT2D eigenvalue weighted by atomic mass is 10.2. The molecular weight excluding hydrogens is 335 g/mol. The lowest BCUT2D eigenvalue weighted by Crippen LogP contribution is -2.19. The van der Waals surface area contributed by atoms with Gasteiger partial charge in [-0.25, -0.2) is 10.1 Å². The Morgan fingerprint density at radius 2 is 2.09 bits per heavy atom. The van der Waals surface area contributed by atoms with Gasteiger partial charge in [0.25, 0.3) is 0 Å². The minimum Gasteiger partial charge on any atom is -0.273 e. The zero-order valence-electron chi connectivity index (χ0n) is 12.6. The first kappa shape index (κ1) is 16.0. The quantitative estimate of drug-likeness (QED) is 0.663. The van der Waals surface area contributed by atoms with Gasteiger partial charge in [0.1, 0.15) is 5.15 Å². The molecule has 0 saturated heterocycles. The van der Waals surface area contributed by atoms with Gasteiger partial charge in [0.2, 0.25) is 5.91 Å². The van der Waals surface area contributed by atoms with E-state index in [0.717, 1.165) is 24.1 Å². The van der Waals surface area contributed by atoms with Crippen LogP contribution in [0.15, 0.2) is 29.4 Å². The minimum absolute atomic E-state index is 0.0384. The molecule has 1 aromatic carbocycles.